The van der Waals surface area contributed by atoms with Crippen molar-refractivity contribution in [3.8, 4) is 0 Å². The molecule has 22 heavy (non-hydrogen) atoms. The largest absolute Gasteiger partial charge is 0.545 e. The van der Waals surface area contributed by atoms with Crippen molar-refractivity contribution in [3.05, 3.63) is 40.4 Å². The maximum Gasteiger partial charge on any atom is 0.238 e. The molecule has 3 rings (SSSR count). The number of carbonyl (C=O) groups is 3. The van der Waals surface area contributed by atoms with Gasteiger partial charge in [0.05, 0.1) is 23.5 Å². The molecule has 1 aromatic carbocycles. The lowest BCUT2D eigenvalue weighted by Gasteiger charge is -2.18. The van der Waals surface area contributed by atoms with Gasteiger partial charge in [-0.25, -0.2) is 0 Å². The minimum atomic E-state index is -1.44. The average Bonchev–Trinajstić information content (AvgIpc) is 2.71. The summed E-state index contributed by atoms with van der Waals surface area (Å²) in [6.45, 7) is 1.94. The van der Waals surface area contributed by atoms with Crippen LogP contribution in [0.5, 0.6) is 0 Å². The number of carboxylic acids is 1. The molecule has 0 unspecified atom stereocenters. The highest BCUT2D eigenvalue weighted by Gasteiger charge is 2.48. The highest BCUT2D eigenvalue weighted by molar-refractivity contribution is 6.33. The van der Waals surface area contributed by atoms with Gasteiger partial charge in [-0.2, -0.15) is 0 Å². The summed E-state index contributed by atoms with van der Waals surface area (Å²) in [6, 6.07) is 4.04. The van der Waals surface area contributed by atoms with Gasteiger partial charge >= 0.3 is 0 Å². The molecule has 5 nitrogen and oxygen atoms in total. The number of halogens is 1. The average molecular weight is 319 g/mol. The van der Waals surface area contributed by atoms with Crippen LogP contribution < -0.4 is 10.0 Å². The van der Waals surface area contributed by atoms with E-state index in [1.807, 2.05) is 13.0 Å². The van der Waals surface area contributed by atoms with Crippen LogP contribution in [-0.4, -0.2) is 17.8 Å². The number of hydrogen-bond donors (Lipinski definition) is 0. The Labute approximate surface area is 132 Å². The molecule has 6 heteroatoms. The number of amides is 2. The Bertz CT molecular complexity index is 725. The summed E-state index contributed by atoms with van der Waals surface area (Å²) < 4.78 is 0. The normalized spacial score (nSPS) is 24.3. The molecular weight excluding hydrogens is 306 g/mol. The summed E-state index contributed by atoms with van der Waals surface area (Å²) in [5.74, 6) is -2.74. The minimum absolute atomic E-state index is 0.0118. The topological polar surface area (TPSA) is 77.5 Å². The second-order valence-corrected chi connectivity index (χ2v) is 6.07. The Morgan fingerprint density at radius 1 is 1.27 bits per heavy atom. The molecule has 0 saturated carbocycles. The van der Waals surface area contributed by atoms with Crippen molar-refractivity contribution < 1.29 is 19.5 Å². The van der Waals surface area contributed by atoms with Gasteiger partial charge in [0.25, 0.3) is 0 Å². The van der Waals surface area contributed by atoms with Crippen molar-refractivity contribution >= 4 is 35.1 Å². The molecule has 1 aliphatic heterocycles. The van der Waals surface area contributed by atoms with Gasteiger partial charge in [0, 0.05) is 10.6 Å². The van der Waals surface area contributed by atoms with Crippen molar-refractivity contribution in [1.82, 2.24) is 0 Å². The highest BCUT2D eigenvalue weighted by atomic mass is 35.5. The lowest BCUT2D eigenvalue weighted by Crippen LogP contribution is -2.31. The van der Waals surface area contributed by atoms with Crippen LogP contribution in [0.25, 0.3) is 0 Å². The number of aromatic carboxylic acids is 1. The van der Waals surface area contributed by atoms with Crippen LogP contribution >= 0.6 is 11.6 Å². The van der Waals surface area contributed by atoms with Crippen molar-refractivity contribution in [2.45, 2.75) is 19.8 Å². The first-order valence-corrected chi connectivity index (χ1v) is 7.32. The van der Waals surface area contributed by atoms with Gasteiger partial charge in [-0.3, -0.25) is 14.5 Å². The molecule has 1 saturated heterocycles. The zero-order chi connectivity index (χ0) is 16.0. The van der Waals surface area contributed by atoms with Gasteiger partial charge in [-0.15, -0.1) is 0 Å². The van der Waals surface area contributed by atoms with E-state index in [2.05, 4.69) is 0 Å². The molecule has 2 atom stereocenters. The Kier molecular flexibility index (Phi) is 3.53. The lowest BCUT2D eigenvalue weighted by atomic mass is 9.82. The van der Waals surface area contributed by atoms with Gasteiger partial charge in [-0.1, -0.05) is 23.3 Å². The number of benzene rings is 1. The Hall–Kier alpha value is -2.14. The van der Waals surface area contributed by atoms with Gasteiger partial charge in [0.2, 0.25) is 11.8 Å². The van der Waals surface area contributed by atoms with Crippen molar-refractivity contribution in [2.75, 3.05) is 4.90 Å². The summed E-state index contributed by atoms with van der Waals surface area (Å²) in [6.07, 6.45) is 3.08. The number of hydrogen-bond acceptors (Lipinski definition) is 4. The quantitative estimate of drug-likeness (QED) is 0.612. The molecule has 2 aliphatic rings. The van der Waals surface area contributed by atoms with E-state index in [0.29, 0.717) is 12.8 Å². The van der Waals surface area contributed by atoms with Crippen LogP contribution in [0.4, 0.5) is 5.69 Å². The number of rotatable bonds is 2. The van der Waals surface area contributed by atoms with E-state index < -0.39 is 5.97 Å². The molecule has 2 amide bonds. The molecule has 1 fully saturated rings. The molecule has 1 aliphatic carbocycles. The fourth-order valence-electron chi connectivity index (χ4n) is 3.10. The molecular formula is C16H13ClNO4-. The first-order valence-electron chi connectivity index (χ1n) is 6.94. The number of anilines is 1. The summed E-state index contributed by atoms with van der Waals surface area (Å²) in [5, 5.41) is 11.1. The van der Waals surface area contributed by atoms with Crippen LogP contribution in [0, 0.1) is 11.8 Å². The van der Waals surface area contributed by atoms with E-state index in [1.165, 1.54) is 18.2 Å². The SMILES string of the molecule is CC1=CC[C@@H]2C(=O)N(c3ccc(Cl)c(C(=O)[O-])c3)C(=O)[C@H]2C1. The molecule has 0 aromatic heterocycles. The van der Waals surface area contributed by atoms with Crippen molar-refractivity contribution in [2.24, 2.45) is 11.8 Å². The molecule has 0 N–H and O–H groups in total. The number of carbonyl (C=O) groups excluding carboxylic acids is 3. The van der Waals surface area contributed by atoms with Crippen LogP contribution in [0.2, 0.25) is 5.02 Å². The molecule has 0 radical (unpaired) electrons. The second-order valence-electron chi connectivity index (χ2n) is 5.67. The first kappa shape index (κ1) is 14.8. The summed E-state index contributed by atoms with van der Waals surface area (Å²) in [7, 11) is 0. The lowest BCUT2D eigenvalue weighted by molar-refractivity contribution is -0.255. The first-order chi connectivity index (χ1) is 10.4. The van der Waals surface area contributed by atoms with E-state index in [-0.39, 0.29) is 39.9 Å². The third kappa shape index (κ3) is 2.22. The predicted octanol–water partition coefficient (Wildman–Crippen LogP) is 1.55. The number of nitrogens with zero attached hydrogens (tertiary/aromatic N) is 1. The van der Waals surface area contributed by atoms with Crippen LogP contribution in [0.1, 0.15) is 30.1 Å². The smallest absolute Gasteiger partial charge is 0.238 e. The standard InChI is InChI=1S/C16H14ClNO4/c1-8-2-4-10-11(6-8)15(20)18(14(10)19)9-3-5-13(17)12(7-9)16(21)22/h2-3,5,7,10-11H,4,6H2,1H3,(H,21,22)/p-1/t10-,11-/m0/s1. The van der Waals surface area contributed by atoms with Gasteiger partial charge in [-0.05, 0) is 38.0 Å². The molecule has 0 spiro atoms. The highest BCUT2D eigenvalue weighted by Crippen LogP contribution is 2.40. The molecule has 114 valence electrons. The maximum absolute atomic E-state index is 12.5. The predicted molar refractivity (Wildman–Crippen MR) is 78.2 cm³/mol. The van der Waals surface area contributed by atoms with Crippen LogP contribution in [0.15, 0.2) is 29.8 Å². The summed E-state index contributed by atoms with van der Waals surface area (Å²) >= 11 is 5.79. The number of allylic oxidation sites excluding steroid dienone is 2. The van der Waals surface area contributed by atoms with Crippen LogP contribution in [-0.2, 0) is 9.59 Å². The van der Waals surface area contributed by atoms with Crippen molar-refractivity contribution in [1.29, 1.82) is 0 Å². The zero-order valence-electron chi connectivity index (χ0n) is 11.8. The third-order valence-corrected chi connectivity index (χ3v) is 4.58. The third-order valence-electron chi connectivity index (χ3n) is 4.25. The van der Waals surface area contributed by atoms with Gasteiger partial charge in [0.15, 0.2) is 0 Å². The number of fused-ring (bicyclic) bond motifs is 1. The number of imide groups is 1. The van der Waals surface area contributed by atoms with Gasteiger partial charge in [0.1, 0.15) is 0 Å². The Morgan fingerprint density at radius 3 is 2.64 bits per heavy atom. The van der Waals surface area contributed by atoms with Crippen molar-refractivity contribution in [3.63, 3.8) is 0 Å². The van der Waals surface area contributed by atoms with E-state index in [9.17, 15) is 19.5 Å². The molecule has 0 bridgehead atoms. The Balaban J connectivity index is 2.00. The number of carboxylic acid groups (broad SMARTS) is 1. The van der Waals surface area contributed by atoms with E-state index in [1.54, 1.807) is 0 Å². The van der Waals surface area contributed by atoms with E-state index in [0.717, 1.165) is 10.5 Å². The Morgan fingerprint density at radius 2 is 1.95 bits per heavy atom. The second kappa shape index (κ2) is 5.25. The zero-order valence-corrected chi connectivity index (χ0v) is 12.6. The molecule has 1 heterocycles. The fourth-order valence-corrected chi connectivity index (χ4v) is 3.30. The summed E-state index contributed by atoms with van der Waals surface area (Å²) in [4.78, 5) is 37.2. The minimum Gasteiger partial charge on any atom is -0.545 e. The van der Waals surface area contributed by atoms with Crippen LogP contribution in [0.3, 0.4) is 0 Å². The van der Waals surface area contributed by atoms with Gasteiger partial charge < -0.3 is 9.90 Å². The monoisotopic (exact) mass is 318 g/mol. The molecule has 1 aromatic rings. The van der Waals surface area contributed by atoms with E-state index >= 15 is 0 Å². The summed E-state index contributed by atoms with van der Waals surface area (Å²) in [5.41, 5.74) is 1.09. The van der Waals surface area contributed by atoms with E-state index in [4.69, 9.17) is 11.6 Å². The fraction of sp³-hybridized carbons (Fsp3) is 0.312. The maximum atomic E-state index is 12.5.